The molecule has 1 aromatic heterocycles. The smallest absolute Gasteiger partial charge is 0.258 e. The van der Waals surface area contributed by atoms with Crippen LogP contribution in [-0.2, 0) is 0 Å². The number of hydrogen-bond donors (Lipinski definition) is 1. The third-order valence-corrected chi connectivity index (χ3v) is 4.35. The van der Waals surface area contributed by atoms with Gasteiger partial charge in [0.2, 0.25) is 0 Å². The molecule has 0 unspecified atom stereocenters. The molecule has 0 radical (unpaired) electrons. The van der Waals surface area contributed by atoms with Gasteiger partial charge < -0.3 is 10.1 Å². The van der Waals surface area contributed by atoms with Crippen LogP contribution in [0.4, 0.5) is 5.69 Å². The highest BCUT2D eigenvalue weighted by Crippen LogP contribution is 2.28. The fraction of sp³-hybridized carbons (Fsp3) is 0.0526. The molecule has 3 aromatic rings. The monoisotopic (exact) mass is 336 g/mol. The fourth-order valence-corrected chi connectivity index (χ4v) is 3.02. The summed E-state index contributed by atoms with van der Waals surface area (Å²) in [5.41, 5.74) is 1.25. The molecular weight excluding hydrogens is 320 g/mol. The average Bonchev–Trinajstić information content (AvgIpc) is 2.63. The van der Waals surface area contributed by atoms with Gasteiger partial charge in [0.1, 0.15) is 10.8 Å². The number of ether oxygens (including phenoxy) is 1. The predicted octanol–water partition coefficient (Wildman–Crippen LogP) is 4.49. The standard InChI is InChI=1S/C19H16N2O2S/c1-23-15-11-9-14(10-12-15)21-18(22)17-8-5-13-20-19(17)24-16-6-3-2-4-7-16/h2-13H,1H3,(H,21,22). The van der Waals surface area contributed by atoms with Crippen molar-refractivity contribution < 1.29 is 9.53 Å². The molecule has 3 rings (SSSR count). The molecule has 0 bridgehead atoms. The van der Waals surface area contributed by atoms with Crippen LogP contribution < -0.4 is 10.1 Å². The maximum Gasteiger partial charge on any atom is 0.258 e. The average molecular weight is 336 g/mol. The van der Waals surface area contributed by atoms with Crippen molar-refractivity contribution in [3.63, 3.8) is 0 Å². The number of carbonyl (C=O) groups excluding carboxylic acids is 1. The van der Waals surface area contributed by atoms with Crippen LogP contribution in [0.1, 0.15) is 10.4 Å². The summed E-state index contributed by atoms with van der Waals surface area (Å²) >= 11 is 1.47. The molecule has 1 heterocycles. The molecule has 0 saturated heterocycles. The van der Waals surface area contributed by atoms with E-state index in [0.29, 0.717) is 16.3 Å². The Morgan fingerprint density at radius 1 is 1.00 bits per heavy atom. The summed E-state index contributed by atoms with van der Waals surface area (Å²) in [7, 11) is 1.61. The van der Waals surface area contributed by atoms with Crippen molar-refractivity contribution in [3.05, 3.63) is 78.5 Å². The number of hydrogen-bond acceptors (Lipinski definition) is 4. The zero-order valence-corrected chi connectivity index (χ0v) is 13.9. The first-order valence-electron chi connectivity index (χ1n) is 7.39. The Kier molecular flexibility index (Phi) is 5.13. The van der Waals surface area contributed by atoms with Gasteiger partial charge in [-0.2, -0.15) is 0 Å². The van der Waals surface area contributed by atoms with E-state index in [9.17, 15) is 4.79 Å². The van der Waals surface area contributed by atoms with Crippen LogP contribution in [0.2, 0.25) is 0 Å². The van der Waals surface area contributed by atoms with Gasteiger partial charge in [-0.1, -0.05) is 30.0 Å². The Morgan fingerprint density at radius 2 is 1.75 bits per heavy atom. The van der Waals surface area contributed by atoms with Gasteiger partial charge in [0, 0.05) is 16.8 Å². The second-order valence-corrected chi connectivity index (χ2v) is 6.02. The number of methoxy groups -OCH3 is 1. The van der Waals surface area contributed by atoms with Crippen molar-refractivity contribution in [2.75, 3.05) is 12.4 Å². The van der Waals surface area contributed by atoms with Gasteiger partial charge in [-0.15, -0.1) is 0 Å². The number of anilines is 1. The normalized spacial score (nSPS) is 10.2. The number of amides is 1. The van der Waals surface area contributed by atoms with E-state index in [0.717, 1.165) is 10.6 Å². The molecule has 0 spiro atoms. The van der Waals surface area contributed by atoms with Crippen molar-refractivity contribution in [2.24, 2.45) is 0 Å². The van der Waals surface area contributed by atoms with Crippen molar-refractivity contribution in [2.45, 2.75) is 9.92 Å². The highest BCUT2D eigenvalue weighted by molar-refractivity contribution is 7.99. The summed E-state index contributed by atoms with van der Waals surface area (Å²) in [5.74, 6) is 0.557. The van der Waals surface area contributed by atoms with E-state index in [1.54, 1.807) is 49.7 Å². The Morgan fingerprint density at radius 3 is 2.46 bits per heavy atom. The molecule has 0 saturated carbocycles. The first-order chi connectivity index (χ1) is 11.8. The number of nitrogens with one attached hydrogen (secondary N) is 1. The van der Waals surface area contributed by atoms with Crippen molar-refractivity contribution in [3.8, 4) is 5.75 Å². The zero-order chi connectivity index (χ0) is 16.8. The van der Waals surface area contributed by atoms with Gasteiger partial charge in [0.25, 0.3) is 5.91 Å². The van der Waals surface area contributed by atoms with Crippen LogP contribution in [0.3, 0.4) is 0 Å². The van der Waals surface area contributed by atoms with Gasteiger partial charge in [-0.25, -0.2) is 4.98 Å². The summed E-state index contributed by atoms with van der Waals surface area (Å²) < 4.78 is 5.12. The van der Waals surface area contributed by atoms with Gasteiger partial charge in [-0.05, 0) is 48.5 Å². The minimum absolute atomic E-state index is 0.188. The van der Waals surface area contributed by atoms with Crippen LogP contribution >= 0.6 is 11.8 Å². The van der Waals surface area contributed by atoms with Crippen molar-refractivity contribution in [1.29, 1.82) is 0 Å². The molecule has 0 aliphatic rings. The summed E-state index contributed by atoms with van der Waals surface area (Å²) in [6, 6.07) is 20.6. The maximum absolute atomic E-state index is 12.6. The fourth-order valence-electron chi connectivity index (χ4n) is 2.12. The molecule has 0 aliphatic heterocycles. The lowest BCUT2D eigenvalue weighted by Crippen LogP contribution is -2.13. The van der Waals surface area contributed by atoms with Gasteiger partial charge >= 0.3 is 0 Å². The highest BCUT2D eigenvalue weighted by atomic mass is 32.2. The largest absolute Gasteiger partial charge is 0.497 e. The van der Waals surface area contributed by atoms with Crippen LogP contribution in [-0.4, -0.2) is 18.0 Å². The topological polar surface area (TPSA) is 51.2 Å². The van der Waals surface area contributed by atoms with Gasteiger partial charge in [0.05, 0.1) is 12.7 Å². The van der Waals surface area contributed by atoms with Crippen LogP contribution in [0.5, 0.6) is 5.75 Å². The molecule has 120 valence electrons. The first-order valence-corrected chi connectivity index (χ1v) is 8.21. The van der Waals surface area contributed by atoms with E-state index in [4.69, 9.17) is 4.74 Å². The number of rotatable bonds is 5. The van der Waals surface area contributed by atoms with E-state index in [1.807, 2.05) is 30.3 Å². The number of pyridine rings is 1. The minimum Gasteiger partial charge on any atom is -0.497 e. The molecule has 5 heteroatoms. The lowest BCUT2D eigenvalue weighted by atomic mass is 10.2. The molecule has 0 atom stereocenters. The van der Waals surface area contributed by atoms with E-state index < -0.39 is 0 Å². The van der Waals surface area contributed by atoms with Gasteiger partial charge in [-0.3, -0.25) is 4.79 Å². The molecule has 24 heavy (non-hydrogen) atoms. The second kappa shape index (κ2) is 7.66. The zero-order valence-electron chi connectivity index (χ0n) is 13.1. The second-order valence-electron chi connectivity index (χ2n) is 4.95. The van der Waals surface area contributed by atoms with Gasteiger partial charge in [0.15, 0.2) is 0 Å². The molecule has 0 aliphatic carbocycles. The number of nitrogens with zero attached hydrogens (tertiary/aromatic N) is 1. The summed E-state index contributed by atoms with van der Waals surface area (Å²) in [6.45, 7) is 0. The van der Waals surface area contributed by atoms with Crippen molar-refractivity contribution >= 4 is 23.4 Å². The van der Waals surface area contributed by atoms with E-state index >= 15 is 0 Å². The molecule has 1 N–H and O–H groups in total. The Labute approximate surface area is 144 Å². The number of aromatic nitrogens is 1. The third-order valence-electron chi connectivity index (χ3n) is 3.32. The van der Waals surface area contributed by atoms with Crippen LogP contribution in [0, 0.1) is 0 Å². The molecule has 1 amide bonds. The van der Waals surface area contributed by atoms with Crippen molar-refractivity contribution in [1.82, 2.24) is 4.98 Å². The van der Waals surface area contributed by atoms with E-state index in [-0.39, 0.29) is 5.91 Å². The predicted molar refractivity (Wildman–Crippen MR) is 95.7 cm³/mol. The first kappa shape index (κ1) is 16.1. The SMILES string of the molecule is COc1ccc(NC(=O)c2cccnc2Sc2ccccc2)cc1. The summed E-state index contributed by atoms with van der Waals surface area (Å²) in [5, 5.41) is 3.56. The lowest BCUT2D eigenvalue weighted by molar-refractivity contribution is 0.102. The highest BCUT2D eigenvalue weighted by Gasteiger charge is 2.13. The minimum atomic E-state index is -0.188. The molecule has 2 aromatic carbocycles. The molecule has 0 fully saturated rings. The summed E-state index contributed by atoms with van der Waals surface area (Å²) in [6.07, 6.45) is 1.69. The van der Waals surface area contributed by atoms with E-state index in [1.165, 1.54) is 11.8 Å². The van der Waals surface area contributed by atoms with Crippen LogP contribution in [0.15, 0.2) is 82.8 Å². The maximum atomic E-state index is 12.6. The Balaban J connectivity index is 1.79. The lowest BCUT2D eigenvalue weighted by Gasteiger charge is -2.09. The quantitative estimate of drug-likeness (QED) is 0.745. The van der Waals surface area contributed by atoms with E-state index in [2.05, 4.69) is 10.3 Å². The summed E-state index contributed by atoms with van der Waals surface area (Å²) in [4.78, 5) is 18.0. The third kappa shape index (κ3) is 3.94. The number of carbonyl (C=O) groups is 1. The molecular formula is C19H16N2O2S. The molecule has 4 nitrogen and oxygen atoms in total. The van der Waals surface area contributed by atoms with Crippen LogP contribution in [0.25, 0.3) is 0 Å². The Hall–Kier alpha value is -2.79. The number of benzene rings is 2. The Bertz CT molecular complexity index is 820.